The zero-order valence-corrected chi connectivity index (χ0v) is 29.2. The van der Waals surface area contributed by atoms with Crippen LogP contribution in [-0.4, -0.2) is 0 Å². The molecule has 8 rings (SSSR count). The van der Waals surface area contributed by atoms with Crippen molar-refractivity contribution in [3.63, 3.8) is 0 Å². The molecule has 1 heteroatoms. The number of aryl methyl sites for hydroxylation is 2. The molecule has 2 unspecified atom stereocenters. The van der Waals surface area contributed by atoms with Crippen molar-refractivity contribution in [2.75, 3.05) is 0 Å². The van der Waals surface area contributed by atoms with E-state index < -0.39 is 20.0 Å². The van der Waals surface area contributed by atoms with E-state index in [1.54, 1.807) is 22.3 Å². The third-order valence-corrected chi connectivity index (χ3v) is 26.7. The fourth-order valence-electron chi connectivity index (χ4n) is 9.78. The van der Waals surface area contributed by atoms with Gasteiger partial charge >= 0.3 is 258 Å². The maximum atomic E-state index is 2.80. The Bertz CT molecular complexity index is 1670. The van der Waals surface area contributed by atoms with Crippen molar-refractivity contribution < 1.29 is 20.0 Å². The van der Waals surface area contributed by atoms with Gasteiger partial charge < -0.3 is 0 Å². The summed E-state index contributed by atoms with van der Waals surface area (Å²) in [5, 5.41) is 0. The number of hydrogen-bond acceptors (Lipinski definition) is 0. The van der Waals surface area contributed by atoms with E-state index in [4.69, 9.17) is 0 Å². The summed E-state index contributed by atoms with van der Waals surface area (Å²) >= 11 is -3.05. The zero-order valence-electron chi connectivity index (χ0n) is 25.6. The van der Waals surface area contributed by atoms with Crippen LogP contribution < -0.4 is 0 Å². The summed E-state index contributed by atoms with van der Waals surface area (Å²) in [5.41, 5.74) is 19.0. The van der Waals surface area contributed by atoms with E-state index in [1.165, 1.54) is 59.1 Å². The van der Waals surface area contributed by atoms with Crippen LogP contribution in [0.5, 0.6) is 0 Å². The zero-order chi connectivity index (χ0) is 28.6. The van der Waals surface area contributed by atoms with E-state index >= 15 is 0 Å². The van der Waals surface area contributed by atoms with E-state index in [2.05, 4.69) is 120 Å². The summed E-state index contributed by atoms with van der Waals surface area (Å²) in [4.78, 5) is 0. The Kier molecular flexibility index (Phi) is 6.31. The van der Waals surface area contributed by atoms with Gasteiger partial charge in [-0.15, -0.1) is 0 Å². The van der Waals surface area contributed by atoms with Crippen LogP contribution in [0.3, 0.4) is 0 Å². The summed E-state index contributed by atoms with van der Waals surface area (Å²) in [7, 11) is 0. The second kappa shape index (κ2) is 9.88. The van der Waals surface area contributed by atoms with E-state index in [0.29, 0.717) is 7.35 Å². The molecule has 1 spiro atoms. The Morgan fingerprint density at radius 1 is 0.571 bits per heavy atom. The van der Waals surface area contributed by atoms with Crippen LogP contribution in [0.15, 0.2) is 96.1 Å². The molecular weight excluding hydrogens is 671 g/mol. The summed E-state index contributed by atoms with van der Waals surface area (Å²) in [6.45, 7) is 4.60. The molecule has 1 saturated carbocycles. The van der Waals surface area contributed by atoms with Crippen LogP contribution in [0.25, 0.3) is 34.4 Å². The van der Waals surface area contributed by atoms with Crippen LogP contribution in [0.4, 0.5) is 0 Å². The van der Waals surface area contributed by atoms with Gasteiger partial charge in [-0.05, 0) is 0 Å². The van der Waals surface area contributed by atoms with Gasteiger partial charge in [0, 0.05) is 0 Å². The van der Waals surface area contributed by atoms with E-state index in [0.717, 1.165) is 12.8 Å². The van der Waals surface area contributed by atoms with Gasteiger partial charge in [0.1, 0.15) is 0 Å². The first-order valence-corrected chi connectivity index (χ1v) is 27.7. The summed E-state index contributed by atoms with van der Waals surface area (Å²) < 4.78 is 6.93. The fourth-order valence-corrected chi connectivity index (χ4v) is 26.9. The van der Waals surface area contributed by atoms with Crippen LogP contribution in [0.2, 0.25) is 9.36 Å². The molecule has 0 aromatic heterocycles. The molecule has 0 nitrogen and oxygen atoms in total. The molecule has 210 valence electrons. The Balaban J connectivity index is 1.36. The van der Waals surface area contributed by atoms with Gasteiger partial charge in [0.25, 0.3) is 0 Å². The Morgan fingerprint density at radius 3 is 1.45 bits per heavy atom. The molecule has 0 N–H and O–H groups in total. The van der Waals surface area contributed by atoms with Crippen LogP contribution in [0.1, 0.15) is 80.3 Å². The normalized spacial score (nSPS) is 22.3. The molecule has 4 aliphatic rings. The molecule has 4 aromatic carbocycles. The first-order valence-electron chi connectivity index (χ1n) is 16.4. The van der Waals surface area contributed by atoms with Crippen molar-refractivity contribution in [3.05, 3.63) is 129 Å². The maximum absolute atomic E-state index is 3.05. The molecule has 0 amide bonds. The number of fused-ring (bicyclic) bond motifs is 8. The third-order valence-electron chi connectivity index (χ3n) is 11.6. The minimum absolute atomic E-state index is 0.228. The average molecular weight is 713 g/mol. The van der Waals surface area contributed by atoms with Gasteiger partial charge in [0.15, 0.2) is 0 Å². The van der Waals surface area contributed by atoms with Crippen LogP contribution in [0, 0.1) is 5.41 Å². The Morgan fingerprint density at radius 2 is 1.00 bits per heavy atom. The molecule has 1 saturated heterocycles. The van der Waals surface area contributed by atoms with E-state index in [1.807, 2.05) is 11.1 Å². The van der Waals surface area contributed by atoms with Gasteiger partial charge in [-0.25, -0.2) is 0 Å². The number of allylic oxidation sites excluding steroid dienone is 2. The van der Waals surface area contributed by atoms with Gasteiger partial charge in [0.05, 0.1) is 0 Å². The molecule has 1 heterocycles. The molecule has 0 radical (unpaired) electrons. The summed E-state index contributed by atoms with van der Waals surface area (Å²) in [6, 6.07) is 32.8. The first kappa shape index (κ1) is 26.8. The number of hydrogen-bond donors (Lipinski definition) is 0. The fraction of sp³-hybridized carbons (Fsp3) is 0.317. The van der Waals surface area contributed by atoms with Crippen molar-refractivity contribution in [1.82, 2.24) is 0 Å². The monoisotopic (exact) mass is 714 g/mol. The molecule has 42 heavy (non-hydrogen) atoms. The Labute approximate surface area is 256 Å². The predicted molar refractivity (Wildman–Crippen MR) is 177 cm³/mol. The third kappa shape index (κ3) is 3.62. The summed E-state index contributed by atoms with van der Waals surface area (Å²) in [6.07, 6.45) is 13.0. The number of benzene rings is 4. The SMILES string of the molecule is CCc1ccccc1-c1cccc2c1C=C1[CH]2[Hf]([CH3])([CH3])[CH]2C(=Cc3c(-c4ccccc4CC)cccc32)C12CCCC2. The van der Waals surface area contributed by atoms with Gasteiger partial charge in [-0.1, -0.05) is 0 Å². The van der Waals surface area contributed by atoms with Crippen molar-refractivity contribution in [3.8, 4) is 22.3 Å². The molecule has 3 aliphatic carbocycles. The molecule has 4 aromatic rings. The molecule has 1 aliphatic heterocycles. The van der Waals surface area contributed by atoms with Crippen LogP contribution in [-0.2, 0) is 32.8 Å². The molecule has 0 bridgehead atoms. The standard InChI is InChI=1S/C39H36.2CH3.Hf/c1-3-27-13-5-7-17-33(27)35-19-11-15-29-23-31(25-37(29)35)39(21-9-10-22-39)32-24-30-16-12-20-36(38(30)26-32)34-18-8-6-14-28(34)4-2;;;/h5-8,11-20,23-26H,3-4,9-10,21-22H2,1-2H3;2*1H3;. The number of rotatable bonds is 4. The predicted octanol–water partition coefficient (Wildman–Crippen LogP) is 11.5. The van der Waals surface area contributed by atoms with Crippen molar-refractivity contribution in [1.29, 1.82) is 0 Å². The van der Waals surface area contributed by atoms with Crippen molar-refractivity contribution in [2.45, 2.75) is 69.1 Å². The van der Waals surface area contributed by atoms with Gasteiger partial charge in [-0.2, -0.15) is 0 Å². The topological polar surface area (TPSA) is 0 Å². The van der Waals surface area contributed by atoms with E-state index in [-0.39, 0.29) is 5.41 Å². The second-order valence-corrected chi connectivity index (χ2v) is 31.0. The Hall–Kier alpha value is -2.77. The first-order chi connectivity index (χ1) is 20.5. The summed E-state index contributed by atoms with van der Waals surface area (Å²) in [5.74, 6) is 0. The molecular formula is C41H42Hf. The second-order valence-electron chi connectivity index (χ2n) is 13.8. The van der Waals surface area contributed by atoms with Gasteiger partial charge in [0.2, 0.25) is 0 Å². The minimum atomic E-state index is -3.05. The van der Waals surface area contributed by atoms with Crippen LogP contribution >= 0.6 is 0 Å². The van der Waals surface area contributed by atoms with Gasteiger partial charge in [-0.3, -0.25) is 0 Å². The molecule has 2 fully saturated rings. The van der Waals surface area contributed by atoms with Crippen molar-refractivity contribution in [2.24, 2.45) is 5.41 Å². The quantitative estimate of drug-likeness (QED) is 0.185. The van der Waals surface area contributed by atoms with E-state index in [9.17, 15) is 0 Å². The van der Waals surface area contributed by atoms with Crippen molar-refractivity contribution >= 4 is 12.2 Å². The average Bonchev–Trinajstić information content (AvgIpc) is 3.76. The molecule has 2 atom stereocenters.